The van der Waals surface area contributed by atoms with Crippen molar-refractivity contribution in [3.63, 3.8) is 0 Å². The molecule has 7 nitrogen and oxygen atoms in total. The Morgan fingerprint density at radius 1 is 1.16 bits per heavy atom. The molecule has 0 aliphatic rings. The number of nitrogens with one attached hydrogen (secondary N) is 1. The fraction of sp³-hybridized carbons (Fsp3) is 0.227. The molecule has 0 radical (unpaired) electrons. The van der Waals surface area contributed by atoms with Crippen molar-refractivity contribution in [2.75, 3.05) is 0 Å². The van der Waals surface area contributed by atoms with E-state index in [9.17, 15) is 4.79 Å². The molecule has 0 spiro atoms. The second-order valence-corrected chi connectivity index (χ2v) is 9.09. The minimum atomic E-state index is -0.148. The quantitative estimate of drug-likeness (QED) is 0.417. The largest absolute Gasteiger partial charge is 0.349 e. The SMILES string of the molecule is Cc1ccccc1-n1c(SCc2nc(C(=O)NC(C)C)cs2)nnc1-c1ccncc1. The highest BCUT2D eigenvalue weighted by atomic mass is 32.2. The predicted octanol–water partition coefficient (Wildman–Crippen LogP) is 4.52. The number of nitrogens with zero attached hydrogens (tertiary/aromatic N) is 5. The molecule has 3 aromatic heterocycles. The second kappa shape index (κ2) is 9.40. The van der Waals surface area contributed by atoms with E-state index in [1.54, 1.807) is 29.5 Å². The van der Waals surface area contributed by atoms with Gasteiger partial charge < -0.3 is 5.32 Å². The highest BCUT2D eigenvalue weighted by Gasteiger charge is 2.18. The van der Waals surface area contributed by atoms with E-state index in [1.165, 1.54) is 11.3 Å². The summed E-state index contributed by atoms with van der Waals surface area (Å²) in [5.74, 6) is 1.21. The number of aromatic nitrogens is 5. The molecule has 0 aliphatic heterocycles. The number of aryl methyl sites for hydroxylation is 1. The third-order valence-electron chi connectivity index (χ3n) is 4.46. The van der Waals surface area contributed by atoms with Crippen LogP contribution in [0.25, 0.3) is 17.1 Å². The number of thioether (sulfide) groups is 1. The molecule has 0 fully saturated rings. The lowest BCUT2D eigenvalue weighted by molar-refractivity contribution is 0.0938. The molecule has 3 heterocycles. The van der Waals surface area contributed by atoms with Crippen LogP contribution in [-0.4, -0.2) is 36.7 Å². The molecule has 4 rings (SSSR count). The maximum atomic E-state index is 12.2. The molecule has 1 aromatic carbocycles. The van der Waals surface area contributed by atoms with Crippen LogP contribution in [0.2, 0.25) is 0 Å². The number of hydrogen-bond donors (Lipinski definition) is 1. The molecule has 9 heteroatoms. The van der Waals surface area contributed by atoms with Crippen molar-refractivity contribution in [2.45, 2.75) is 37.7 Å². The van der Waals surface area contributed by atoms with Gasteiger partial charge in [0.15, 0.2) is 11.0 Å². The Bertz CT molecular complexity index is 1190. The van der Waals surface area contributed by atoms with Crippen molar-refractivity contribution in [3.8, 4) is 17.1 Å². The van der Waals surface area contributed by atoms with Gasteiger partial charge in [0.25, 0.3) is 5.91 Å². The van der Waals surface area contributed by atoms with Gasteiger partial charge in [0.2, 0.25) is 0 Å². The Morgan fingerprint density at radius 2 is 1.94 bits per heavy atom. The van der Waals surface area contributed by atoms with Gasteiger partial charge in [-0.3, -0.25) is 14.3 Å². The van der Waals surface area contributed by atoms with E-state index in [0.29, 0.717) is 11.4 Å². The standard InChI is InChI=1S/C22H22N6OS2/c1-14(2)24-21(29)17-12-30-19(25-17)13-31-22-27-26-20(16-8-10-23-11-9-16)28(22)18-7-5-4-6-15(18)3/h4-12,14H,13H2,1-3H3,(H,24,29). The lowest BCUT2D eigenvalue weighted by Gasteiger charge is -2.12. The van der Waals surface area contributed by atoms with Crippen molar-refractivity contribution < 1.29 is 4.79 Å². The Hall–Kier alpha value is -3.04. The molecular formula is C22H22N6OS2. The van der Waals surface area contributed by atoms with Gasteiger partial charge in [0.05, 0.1) is 11.4 Å². The molecule has 1 N–H and O–H groups in total. The maximum absolute atomic E-state index is 12.2. The van der Waals surface area contributed by atoms with Gasteiger partial charge in [-0.05, 0) is 44.5 Å². The summed E-state index contributed by atoms with van der Waals surface area (Å²) in [6.07, 6.45) is 3.50. The first-order valence-electron chi connectivity index (χ1n) is 9.83. The normalized spacial score (nSPS) is 11.1. The molecule has 0 saturated carbocycles. The van der Waals surface area contributed by atoms with E-state index in [1.807, 2.05) is 38.1 Å². The average Bonchev–Trinajstić information content (AvgIpc) is 3.40. The number of hydrogen-bond acceptors (Lipinski definition) is 7. The first kappa shape index (κ1) is 21.2. The smallest absolute Gasteiger partial charge is 0.270 e. The predicted molar refractivity (Wildman–Crippen MR) is 124 cm³/mol. The average molecular weight is 451 g/mol. The van der Waals surface area contributed by atoms with E-state index in [4.69, 9.17) is 0 Å². The van der Waals surface area contributed by atoms with Crippen molar-refractivity contribution in [1.82, 2.24) is 30.0 Å². The van der Waals surface area contributed by atoms with E-state index in [-0.39, 0.29) is 11.9 Å². The number of para-hydroxylation sites is 1. The van der Waals surface area contributed by atoms with Crippen LogP contribution in [0.15, 0.2) is 59.3 Å². The summed E-state index contributed by atoms with van der Waals surface area (Å²) in [7, 11) is 0. The minimum Gasteiger partial charge on any atom is -0.349 e. The molecule has 4 aromatic rings. The van der Waals surface area contributed by atoms with Crippen LogP contribution in [0.1, 0.15) is 34.9 Å². The van der Waals surface area contributed by atoms with Gasteiger partial charge in [0.1, 0.15) is 10.7 Å². The van der Waals surface area contributed by atoms with Crippen molar-refractivity contribution in [3.05, 3.63) is 70.4 Å². The first-order chi connectivity index (χ1) is 15.0. The van der Waals surface area contributed by atoms with Gasteiger partial charge in [-0.25, -0.2) is 4.98 Å². The van der Waals surface area contributed by atoms with Gasteiger partial charge >= 0.3 is 0 Å². The van der Waals surface area contributed by atoms with E-state index < -0.39 is 0 Å². The lowest BCUT2D eigenvalue weighted by Crippen LogP contribution is -2.30. The monoisotopic (exact) mass is 450 g/mol. The molecule has 0 unspecified atom stereocenters. The topological polar surface area (TPSA) is 85.6 Å². The molecule has 158 valence electrons. The van der Waals surface area contributed by atoms with Gasteiger partial charge in [-0.1, -0.05) is 30.0 Å². The highest BCUT2D eigenvalue weighted by molar-refractivity contribution is 7.98. The van der Waals surface area contributed by atoms with Gasteiger partial charge in [-0.15, -0.1) is 21.5 Å². The van der Waals surface area contributed by atoms with Crippen molar-refractivity contribution >= 4 is 29.0 Å². The van der Waals surface area contributed by atoms with E-state index in [2.05, 4.69) is 49.1 Å². The minimum absolute atomic E-state index is 0.0753. The molecule has 1 amide bonds. The number of thiazole rings is 1. The third-order valence-corrected chi connectivity index (χ3v) is 6.43. The third kappa shape index (κ3) is 4.83. The van der Waals surface area contributed by atoms with E-state index >= 15 is 0 Å². The van der Waals surface area contributed by atoms with Crippen LogP contribution in [0, 0.1) is 6.92 Å². The summed E-state index contributed by atoms with van der Waals surface area (Å²) in [5.41, 5.74) is 3.55. The fourth-order valence-corrected chi connectivity index (χ4v) is 4.76. The number of carbonyl (C=O) groups excluding carboxylic acids is 1. The zero-order chi connectivity index (χ0) is 21.8. The Kier molecular flexibility index (Phi) is 6.43. The molecule has 31 heavy (non-hydrogen) atoms. The summed E-state index contributed by atoms with van der Waals surface area (Å²) in [6, 6.07) is 12.1. The summed E-state index contributed by atoms with van der Waals surface area (Å²) >= 11 is 3.02. The van der Waals surface area contributed by atoms with Crippen LogP contribution >= 0.6 is 23.1 Å². The summed E-state index contributed by atoms with van der Waals surface area (Å²) in [4.78, 5) is 20.8. The Balaban J connectivity index is 1.62. The summed E-state index contributed by atoms with van der Waals surface area (Å²) in [6.45, 7) is 5.93. The number of pyridine rings is 1. The first-order valence-corrected chi connectivity index (χ1v) is 11.7. The molecule has 0 saturated heterocycles. The number of benzene rings is 1. The molecule has 0 aliphatic carbocycles. The lowest BCUT2D eigenvalue weighted by atomic mass is 10.2. The summed E-state index contributed by atoms with van der Waals surface area (Å²) in [5, 5.41) is 15.2. The molecular weight excluding hydrogens is 428 g/mol. The molecule has 0 bridgehead atoms. The van der Waals surface area contributed by atoms with Gasteiger partial charge in [0, 0.05) is 29.4 Å². The van der Waals surface area contributed by atoms with Crippen LogP contribution in [-0.2, 0) is 5.75 Å². The zero-order valence-electron chi connectivity index (χ0n) is 17.4. The van der Waals surface area contributed by atoms with E-state index in [0.717, 1.165) is 32.8 Å². The second-order valence-electron chi connectivity index (χ2n) is 7.21. The van der Waals surface area contributed by atoms with Crippen LogP contribution < -0.4 is 5.32 Å². The fourth-order valence-electron chi connectivity index (χ4n) is 3.03. The Labute approximate surface area is 189 Å². The zero-order valence-corrected chi connectivity index (χ0v) is 19.1. The Morgan fingerprint density at radius 3 is 2.68 bits per heavy atom. The highest BCUT2D eigenvalue weighted by Crippen LogP contribution is 2.31. The van der Waals surface area contributed by atoms with Crippen LogP contribution in [0.3, 0.4) is 0 Å². The van der Waals surface area contributed by atoms with Crippen LogP contribution in [0.5, 0.6) is 0 Å². The van der Waals surface area contributed by atoms with Crippen LogP contribution in [0.4, 0.5) is 0 Å². The summed E-state index contributed by atoms with van der Waals surface area (Å²) < 4.78 is 2.06. The van der Waals surface area contributed by atoms with Gasteiger partial charge in [-0.2, -0.15) is 0 Å². The number of carbonyl (C=O) groups is 1. The van der Waals surface area contributed by atoms with Crippen molar-refractivity contribution in [2.24, 2.45) is 0 Å². The maximum Gasteiger partial charge on any atom is 0.270 e. The molecule has 0 atom stereocenters. The number of rotatable bonds is 7. The van der Waals surface area contributed by atoms with Crippen molar-refractivity contribution in [1.29, 1.82) is 0 Å². The number of amides is 1.